The van der Waals surface area contributed by atoms with Crippen molar-refractivity contribution in [3.63, 3.8) is 0 Å². The smallest absolute Gasteiger partial charge is 0.0679 e. The number of piperidine rings is 1. The number of ether oxygens (including phenoxy) is 1. The van der Waals surface area contributed by atoms with Gasteiger partial charge in [0, 0.05) is 12.1 Å². The first kappa shape index (κ1) is 13.3. The molecule has 0 saturated carbocycles. The summed E-state index contributed by atoms with van der Waals surface area (Å²) in [6.07, 6.45) is 9.11. The van der Waals surface area contributed by atoms with Crippen LogP contribution in [0.2, 0.25) is 0 Å². The van der Waals surface area contributed by atoms with Gasteiger partial charge in [-0.3, -0.25) is 0 Å². The minimum Gasteiger partial charge on any atom is -0.390 e. The molecule has 0 radical (unpaired) electrons. The molecule has 2 unspecified atom stereocenters. The number of aliphatic hydroxyl groups is 1. The van der Waals surface area contributed by atoms with Crippen LogP contribution in [0.1, 0.15) is 58.3 Å². The summed E-state index contributed by atoms with van der Waals surface area (Å²) in [5, 5.41) is 14.2. The van der Waals surface area contributed by atoms with E-state index < -0.39 is 5.60 Å². The number of hydrogen-bond donors (Lipinski definition) is 2. The first-order valence-corrected chi connectivity index (χ1v) is 7.28. The standard InChI is InChI=1S/C14H27NO2/c1-2-3-4-5-6-7-14(16)8-12-10-17-11-13(9-14)15-12/h12-13,15-16H,2-11H2,1H3. The second kappa shape index (κ2) is 6.17. The minimum atomic E-state index is -0.420. The van der Waals surface area contributed by atoms with Crippen molar-refractivity contribution in [1.82, 2.24) is 5.32 Å². The van der Waals surface area contributed by atoms with E-state index in [0.717, 1.165) is 32.5 Å². The van der Waals surface area contributed by atoms with Crippen LogP contribution in [-0.2, 0) is 4.74 Å². The van der Waals surface area contributed by atoms with Gasteiger partial charge in [-0.05, 0) is 19.3 Å². The molecule has 0 aromatic rings. The highest BCUT2D eigenvalue weighted by Crippen LogP contribution is 2.32. The molecule has 100 valence electrons. The third-order valence-corrected chi connectivity index (χ3v) is 4.11. The minimum absolute atomic E-state index is 0.378. The van der Waals surface area contributed by atoms with E-state index in [0.29, 0.717) is 12.1 Å². The molecule has 3 heteroatoms. The topological polar surface area (TPSA) is 41.5 Å². The average molecular weight is 241 g/mol. The molecular weight excluding hydrogens is 214 g/mol. The molecule has 0 aromatic carbocycles. The van der Waals surface area contributed by atoms with Crippen LogP contribution >= 0.6 is 0 Å². The zero-order chi connectivity index (χ0) is 12.1. The summed E-state index contributed by atoms with van der Waals surface area (Å²) in [6, 6.07) is 0.756. The first-order chi connectivity index (χ1) is 8.22. The molecule has 2 N–H and O–H groups in total. The maximum Gasteiger partial charge on any atom is 0.0679 e. The fourth-order valence-electron chi connectivity index (χ4n) is 3.28. The predicted octanol–water partition coefficient (Wildman–Crippen LogP) is 2.23. The van der Waals surface area contributed by atoms with Crippen molar-refractivity contribution < 1.29 is 9.84 Å². The van der Waals surface area contributed by atoms with Gasteiger partial charge in [0.25, 0.3) is 0 Å². The molecule has 3 nitrogen and oxygen atoms in total. The van der Waals surface area contributed by atoms with Crippen molar-refractivity contribution in [2.75, 3.05) is 13.2 Å². The van der Waals surface area contributed by atoms with Gasteiger partial charge in [0.2, 0.25) is 0 Å². The maximum absolute atomic E-state index is 10.6. The van der Waals surface area contributed by atoms with Crippen LogP contribution in [-0.4, -0.2) is 36.0 Å². The first-order valence-electron chi connectivity index (χ1n) is 7.28. The Balaban J connectivity index is 1.71. The summed E-state index contributed by atoms with van der Waals surface area (Å²) in [6.45, 7) is 3.78. The Morgan fingerprint density at radius 2 is 1.76 bits per heavy atom. The monoisotopic (exact) mass is 241 g/mol. The van der Waals surface area contributed by atoms with E-state index in [1.165, 1.54) is 32.1 Å². The third-order valence-electron chi connectivity index (χ3n) is 4.11. The molecule has 0 aromatic heterocycles. The number of fused-ring (bicyclic) bond motifs is 2. The Morgan fingerprint density at radius 3 is 2.41 bits per heavy atom. The number of unbranched alkanes of at least 4 members (excludes halogenated alkanes) is 4. The van der Waals surface area contributed by atoms with Crippen molar-refractivity contribution in [3.8, 4) is 0 Å². The lowest BCUT2D eigenvalue weighted by molar-refractivity contribution is -0.0808. The van der Waals surface area contributed by atoms with Crippen LogP contribution in [0.15, 0.2) is 0 Å². The van der Waals surface area contributed by atoms with Crippen LogP contribution in [0.5, 0.6) is 0 Å². The van der Waals surface area contributed by atoms with E-state index in [9.17, 15) is 5.11 Å². The van der Waals surface area contributed by atoms with Crippen LogP contribution < -0.4 is 5.32 Å². The van der Waals surface area contributed by atoms with E-state index in [-0.39, 0.29) is 0 Å². The van der Waals surface area contributed by atoms with Gasteiger partial charge in [-0.2, -0.15) is 0 Å². The Kier molecular flexibility index (Phi) is 4.83. The lowest BCUT2D eigenvalue weighted by atomic mass is 9.79. The summed E-state index contributed by atoms with van der Waals surface area (Å²) in [4.78, 5) is 0. The zero-order valence-electron chi connectivity index (χ0n) is 11.1. The second-order valence-electron chi connectivity index (χ2n) is 5.89. The summed E-state index contributed by atoms with van der Waals surface area (Å²) in [5.74, 6) is 0. The van der Waals surface area contributed by atoms with Gasteiger partial charge in [-0.25, -0.2) is 0 Å². The SMILES string of the molecule is CCCCCCCC1(O)CC2COCC(C1)N2. The fraction of sp³-hybridized carbons (Fsp3) is 1.00. The molecular formula is C14H27NO2. The van der Waals surface area contributed by atoms with Crippen LogP contribution in [0.3, 0.4) is 0 Å². The lowest BCUT2D eigenvalue weighted by Crippen LogP contribution is -2.59. The van der Waals surface area contributed by atoms with Gasteiger partial charge in [0.1, 0.15) is 0 Å². The predicted molar refractivity (Wildman–Crippen MR) is 69.1 cm³/mol. The molecule has 2 fully saturated rings. The highest BCUT2D eigenvalue weighted by Gasteiger charge is 2.40. The number of morpholine rings is 1. The summed E-state index contributed by atoms with van der Waals surface area (Å²) in [7, 11) is 0. The third kappa shape index (κ3) is 3.94. The molecule has 2 saturated heterocycles. The van der Waals surface area contributed by atoms with E-state index >= 15 is 0 Å². The molecule has 2 aliphatic heterocycles. The largest absolute Gasteiger partial charge is 0.390 e. The van der Waals surface area contributed by atoms with Crippen molar-refractivity contribution in [2.24, 2.45) is 0 Å². The van der Waals surface area contributed by atoms with Gasteiger partial charge in [0.15, 0.2) is 0 Å². The molecule has 2 aliphatic rings. The van der Waals surface area contributed by atoms with Gasteiger partial charge in [-0.1, -0.05) is 39.0 Å². The van der Waals surface area contributed by atoms with E-state index in [1.54, 1.807) is 0 Å². The fourth-order valence-corrected chi connectivity index (χ4v) is 3.28. The van der Waals surface area contributed by atoms with Gasteiger partial charge in [-0.15, -0.1) is 0 Å². The molecule has 2 atom stereocenters. The van der Waals surface area contributed by atoms with Crippen molar-refractivity contribution in [3.05, 3.63) is 0 Å². The molecule has 2 bridgehead atoms. The average Bonchev–Trinajstić information content (AvgIpc) is 2.28. The second-order valence-corrected chi connectivity index (χ2v) is 5.89. The normalized spacial score (nSPS) is 37.1. The Morgan fingerprint density at radius 1 is 1.12 bits per heavy atom. The van der Waals surface area contributed by atoms with Crippen molar-refractivity contribution in [2.45, 2.75) is 76.0 Å². The maximum atomic E-state index is 10.6. The van der Waals surface area contributed by atoms with E-state index in [1.807, 2.05) is 0 Å². The molecule has 2 heterocycles. The van der Waals surface area contributed by atoms with Gasteiger partial charge in [0.05, 0.1) is 18.8 Å². The van der Waals surface area contributed by atoms with Crippen LogP contribution in [0.4, 0.5) is 0 Å². The lowest BCUT2D eigenvalue weighted by Gasteiger charge is -2.45. The number of rotatable bonds is 6. The highest BCUT2D eigenvalue weighted by molar-refractivity contribution is 4.96. The quantitative estimate of drug-likeness (QED) is 0.701. The molecule has 0 spiro atoms. The summed E-state index contributed by atoms with van der Waals surface area (Å²) < 4.78 is 5.51. The number of nitrogens with one attached hydrogen (secondary N) is 1. The molecule has 0 aliphatic carbocycles. The van der Waals surface area contributed by atoms with Crippen LogP contribution in [0.25, 0.3) is 0 Å². The molecule has 0 amide bonds. The Bertz CT molecular complexity index is 220. The van der Waals surface area contributed by atoms with Crippen molar-refractivity contribution >= 4 is 0 Å². The van der Waals surface area contributed by atoms with Crippen molar-refractivity contribution in [1.29, 1.82) is 0 Å². The zero-order valence-corrected chi connectivity index (χ0v) is 11.1. The Hall–Kier alpha value is -0.120. The van der Waals surface area contributed by atoms with E-state index in [4.69, 9.17) is 4.74 Å². The Labute approximate surface area is 105 Å². The highest BCUT2D eigenvalue weighted by atomic mass is 16.5. The van der Waals surface area contributed by atoms with Crippen LogP contribution in [0, 0.1) is 0 Å². The van der Waals surface area contributed by atoms with Gasteiger partial charge >= 0.3 is 0 Å². The van der Waals surface area contributed by atoms with Gasteiger partial charge < -0.3 is 15.2 Å². The van der Waals surface area contributed by atoms with E-state index in [2.05, 4.69) is 12.2 Å². The molecule has 2 rings (SSSR count). The number of hydrogen-bond acceptors (Lipinski definition) is 3. The summed E-state index contributed by atoms with van der Waals surface area (Å²) in [5.41, 5.74) is -0.420. The molecule has 17 heavy (non-hydrogen) atoms. The summed E-state index contributed by atoms with van der Waals surface area (Å²) >= 11 is 0.